The highest BCUT2D eigenvalue weighted by Crippen LogP contribution is 1.82. The molecule has 0 bridgehead atoms. The lowest BCUT2D eigenvalue weighted by atomic mass is 10.5. The standard InChI is InChI=1S/C9H21NO4/c10-2-1-4-12-6-8-14-9-7-13-5-3-11/h11H,1-10H2. The van der Waals surface area contributed by atoms with Gasteiger partial charge in [-0.05, 0) is 13.0 Å². The lowest BCUT2D eigenvalue weighted by Gasteiger charge is -2.05. The maximum atomic E-state index is 8.39. The Morgan fingerprint density at radius 2 is 1.29 bits per heavy atom. The Hall–Kier alpha value is -0.200. The van der Waals surface area contributed by atoms with E-state index in [1.807, 2.05) is 0 Å². The highest BCUT2D eigenvalue weighted by atomic mass is 16.5. The van der Waals surface area contributed by atoms with Gasteiger partial charge in [0.2, 0.25) is 0 Å². The van der Waals surface area contributed by atoms with Crippen molar-refractivity contribution in [3.8, 4) is 0 Å². The molecule has 0 aliphatic heterocycles. The van der Waals surface area contributed by atoms with Gasteiger partial charge in [0.15, 0.2) is 0 Å². The SMILES string of the molecule is NCCCOCCOCCOCCO. The number of hydrogen-bond donors (Lipinski definition) is 2. The molecule has 0 spiro atoms. The van der Waals surface area contributed by atoms with Crippen LogP contribution < -0.4 is 5.73 Å². The Labute approximate surface area is 85.1 Å². The maximum absolute atomic E-state index is 8.39. The van der Waals surface area contributed by atoms with E-state index in [2.05, 4.69) is 0 Å². The lowest BCUT2D eigenvalue weighted by Crippen LogP contribution is -2.12. The average Bonchev–Trinajstić information content (AvgIpc) is 2.21. The fourth-order valence-electron chi connectivity index (χ4n) is 0.792. The van der Waals surface area contributed by atoms with Gasteiger partial charge in [-0.3, -0.25) is 0 Å². The summed E-state index contributed by atoms with van der Waals surface area (Å²) >= 11 is 0. The van der Waals surface area contributed by atoms with Crippen molar-refractivity contribution in [1.29, 1.82) is 0 Å². The zero-order chi connectivity index (χ0) is 10.5. The topological polar surface area (TPSA) is 73.9 Å². The lowest BCUT2D eigenvalue weighted by molar-refractivity contribution is 0.00763. The van der Waals surface area contributed by atoms with Crippen molar-refractivity contribution in [2.75, 3.05) is 52.8 Å². The molecule has 5 nitrogen and oxygen atoms in total. The van der Waals surface area contributed by atoms with Gasteiger partial charge < -0.3 is 25.1 Å². The summed E-state index contributed by atoms with van der Waals surface area (Å²) in [6.07, 6.45) is 0.889. The van der Waals surface area contributed by atoms with Gasteiger partial charge in [-0.1, -0.05) is 0 Å². The van der Waals surface area contributed by atoms with E-state index >= 15 is 0 Å². The molecule has 0 rings (SSSR count). The molecule has 86 valence electrons. The molecule has 3 N–H and O–H groups in total. The Kier molecular flexibility index (Phi) is 12.6. The van der Waals surface area contributed by atoms with E-state index in [1.54, 1.807) is 0 Å². The van der Waals surface area contributed by atoms with Crippen LogP contribution in [0.1, 0.15) is 6.42 Å². The predicted molar refractivity (Wildman–Crippen MR) is 53.2 cm³/mol. The molecule has 0 heterocycles. The van der Waals surface area contributed by atoms with Gasteiger partial charge in [-0.25, -0.2) is 0 Å². The van der Waals surface area contributed by atoms with Gasteiger partial charge >= 0.3 is 0 Å². The first-order chi connectivity index (χ1) is 6.91. The summed E-state index contributed by atoms with van der Waals surface area (Å²) in [4.78, 5) is 0. The van der Waals surface area contributed by atoms with Gasteiger partial charge in [-0.2, -0.15) is 0 Å². The van der Waals surface area contributed by atoms with E-state index in [0.29, 0.717) is 46.2 Å². The molecule has 0 amide bonds. The van der Waals surface area contributed by atoms with Crippen LogP contribution in [0, 0.1) is 0 Å². The molecule has 0 unspecified atom stereocenters. The smallest absolute Gasteiger partial charge is 0.0701 e. The first kappa shape index (κ1) is 13.8. The van der Waals surface area contributed by atoms with Crippen LogP contribution in [0.3, 0.4) is 0 Å². The van der Waals surface area contributed by atoms with Crippen molar-refractivity contribution in [2.45, 2.75) is 6.42 Å². The first-order valence-electron chi connectivity index (χ1n) is 4.96. The summed E-state index contributed by atoms with van der Waals surface area (Å²) < 4.78 is 15.4. The molecule has 0 aromatic carbocycles. The minimum absolute atomic E-state index is 0.0577. The van der Waals surface area contributed by atoms with Gasteiger partial charge in [0.05, 0.1) is 39.6 Å². The van der Waals surface area contributed by atoms with Crippen molar-refractivity contribution in [2.24, 2.45) is 5.73 Å². The van der Waals surface area contributed by atoms with Crippen LogP contribution in [0.4, 0.5) is 0 Å². The molecule has 0 aromatic rings. The molecule has 0 aliphatic carbocycles. The summed E-state index contributed by atoms with van der Waals surface area (Å²) in [5.41, 5.74) is 5.29. The number of aliphatic hydroxyl groups is 1. The van der Waals surface area contributed by atoms with E-state index in [4.69, 9.17) is 25.1 Å². The van der Waals surface area contributed by atoms with E-state index in [-0.39, 0.29) is 6.61 Å². The van der Waals surface area contributed by atoms with Crippen LogP contribution in [0.15, 0.2) is 0 Å². The molecule has 0 radical (unpaired) electrons. The van der Waals surface area contributed by atoms with Crippen molar-refractivity contribution in [3.63, 3.8) is 0 Å². The number of aliphatic hydroxyl groups excluding tert-OH is 1. The third-order valence-electron chi connectivity index (χ3n) is 1.47. The van der Waals surface area contributed by atoms with Crippen LogP contribution >= 0.6 is 0 Å². The molecule has 0 aromatic heterocycles. The summed E-state index contributed by atoms with van der Waals surface area (Å²) in [6.45, 7) is 4.02. The second kappa shape index (κ2) is 12.8. The zero-order valence-electron chi connectivity index (χ0n) is 8.61. The molecule has 5 heteroatoms. The van der Waals surface area contributed by atoms with E-state index in [1.165, 1.54) is 0 Å². The molecule has 0 fully saturated rings. The summed E-state index contributed by atoms with van der Waals surface area (Å²) in [6, 6.07) is 0. The maximum Gasteiger partial charge on any atom is 0.0701 e. The van der Waals surface area contributed by atoms with Crippen LogP contribution in [-0.4, -0.2) is 57.9 Å². The van der Waals surface area contributed by atoms with Crippen molar-refractivity contribution >= 4 is 0 Å². The minimum Gasteiger partial charge on any atom is -0.394 e. The van der Waals surface area contributed by atoms with Gasteiger partial charge in [0.25, 0.3) is 0 Å². The summed E-state index contributed by atoms with van der Waals surface area (Å²) in [5, 5.41) is 8.39. The molecule has 0 saturated heterocycles. The Balaban J connectivity index is 2.78. The molecule has 0 saturated carbocycles. The van der Waals surface area contributed by atoms with E-state index in [0.717, 1.165) is 6.42 Å². The minimum atomic E-state index is 0.0577. The van der Waals surface area contributed by atoms with Gasteiger partial charge in [-0.15, -0.1) is 0 Å². The van der Waals surface area contributed by atoms with Crippen LogP contribution in [0.25, 0.3) is 0 Å². The normalized spacial score (nSPS) is 10.7. The quantitative estimate of drug-likeness (QED) is 0.442. The number of ether oxygens (including phenoxy) is 3. The fraction of sp³-hybridized carbons (Fsp3) is 1.00. The van der Waals surface area contributed by atoms with Crippen LogP contribution in [0.5, 0.6) is 0 Å². The largest absolute Gasteiger partial charge is 0.394 e. The molecule has 0 aliphatic rings. The highest BCUT2D eigenvalue weighted by molar-refractivity contribution is 4.36. The molecule has 14 heavy (non-hydrogen) atoms. The van der Waals surface area contributed by atoms with Crippen molar-refractivity contribution in [3.05, 3.63) is 0 Å². The zero-order valence-corrected chi connectivity index (χ0v) is 8.61. The number of hydrogen-bond acceptors (Lipinski definition) is 5. The van der Waals surface area contributed by atoms with Crippen LogP contribution in [-0.2, 0) is 14.2 Å². The third kappa shape index (κ3) is 11.8. The van der Waals surface area contributed by atoms with E-state index in [9.17, 15) is 0 Å². The Bertz CT molecular complexity index is 90.8. The summed E-state index contributed by atoms with van der Waals surface area (Å²) in [5.74, 6) is 0. The van der Waals surface area contributed by atoms with Crippen molar-refractivity contribution < 1.29 is 19.3 Å². The second-order valence-electron chi connectivity index (χ2n) is 2.70. The molecular weight excluding hydrogens is 186 g/mol. The summed E-state index contributed by atoms with van der Waals surface area (Å²) in [7, 11) is 0. The number of nitrogens with two attached hydrogens (primary N) is 1. The van der Waals surface area contributed by atoms with Gasteiger partial charge in [0.1, 0.15) is 0 Å². The van der Waals surface area contributed by atoms with Gasteiger partial charge in [0, 0.05) is 6.61 Å². The first-order valence-corrected chi connectivity index (χ1v) is 4.96. The average molecular weight is 207 g/mol. The number of rotatable bonds is 11. The Morgan fingerprint density at radius 3 is 1.79 bits per heavy atom. The molecular formula is C9H21NO4. The fourth-order valence-corrected chi connectivity index (χ4v) is 0.792. The second-order valence-corrected chi connectivity index (χ2v) is 2.70. The molecule has 0 atom stereocenters. The van der Waals surface area contributed by atoms with E-state index < -0.39 is 0 Å². The monoisotopic (exact) mass is 207 g/mol. The Morgan fingerprint density at radius 1 is 0.786 bits per heavy atom. The highest BCUT2D eigenvalue weighted by Gasteiger charge is 1.90. The predicted octanol–water partition coefficient (Wildman–Crippen LogP) is -0.623. The third-order valence-corrected chi connectivity index (χ3v) is 1.47. The van der Waals surface area contributed by atoms with Crippen molar-refractivity contribution in [1.82, 2.24) is 0 Å². The van der Waals surface area contributed by atoms with Crippen LogP contribution in [0.2, 0.25) is 0 Å².